The summed E-state index contributed by atoms with van der Waals surface area (Å²) in [4.78, 5) is 8.32. The maximum Gasteiger partial charge on any atom is 0.139 e. The number of aryl methyl sites for hydroxylation is 1. The van der Waals surface area contributed by atoms with Crippen molar-refractivity contribution < 1.29 is 0 Å². The average molecular weight is 202 g/mol. The molecular weight excluding hydrogens is 188 g/mol. The molecule has 0 spiro atoms. The summed E-state index contributed by atoms with van der Waals surface area (Å²) in [6.45, 7) is 1.61. The highest BCUT2D eigenvalue weighted by atomic mass is 15.1. The molecule has 0 aliphatic carbocycles. The monoisotopic (exact) mass is 202 g/mol. The second kappa shape index (κ2) is 4.70. The van der Waals surface area contributed by atoms with Crippen molar-refractivity contribution in [3.63, 3.8) is 0 Å². The number of hydrogen-bond acceptors (Lipinski definition) is 3. The van der Waals surface area contributed by atoms with Crippen LogP contribution in [-0.2, 0) is 6.54 Å². The van der Waals surface area contributed by atoms with Crippen molar-refractivity contribution in [2.45, 2.75) is 13.0 Å². The van der Waals surface area contributed by atoms with E-state index in [-0.39, 0.29) is 0 Å². The van der Waals surface area contributed by atoms with Gasteiger partial charge in [-0.05, 0) is 25.1 Å². The van der Waals surface area contributed by atoms with Gasteiger partial charge in [0, 0.05) is 36.9 Å². The minimum Gasteiger partial charge on any atom is -0.331 e. The van der Waals surface area contributed by atoms with Crippen molar-refractivity contribution in [3.05, 3.63) is 36.9 Å². The van der Waals surface area contributed by atoms with E-state index in [2.05, 4.69) is 14.5 Å². The standard InChI is InChI=1S/C11H14N4/c12-4-1-8-15-9-7-14-11(15)10-2-5-13-6-3-10/h2-3,5-7,9H,1,4,8,12H2. The fourth-order valence-corrected chi connectivity index (χ4v) is 1.51. The Balaban J connectivity index is 2.25. The Morgan fingerprint density at radius 3 is 2.73 bits per heavy atom. The lowest BCUT2D eigenvalue weighted by Crippen LogP contribution is -2.06. The van der Waals surface area contributed by atoms with Crippen LogP contribution in [0.1, 0.15) is 6.42 Å². The number of nitrogens with two attached hydrogens (primary N) is 1. The first-order valence-electron chi connectivity index (χ1n) is 5.03. The van der Waals surface area contributed by atoms with Crippen LogP contribution in [0.25, 0.3) is 11.4 Å². The van der Waals surface area contributed by atoms with Crippen LogP contribution in [0.15, 0.2) is 36.9 Å². The van der Waals surface area contributed by atoms with E-state index < -0.39 is 0 Å². The fraction of sp³-hybridized carbons (Fsp3) is 0.273. The molecule has 0 radical (unpaired) electrons. The largest absolute Gasteiger partial charge is 0.331 e. The van der Waals surface area contributed by atoms with Crippen molar-refractivity contribution in [1.82, 2.24) is 14.5 Å². The molecule has 0 amide bonds. The molecule has 0 atom stereocenters. The van der Waals surface area contributed by atoms with Crippen molar-refractivity contribution in [2.24, 2.45) is 5.73 Å². The number of pyridine rings is 1. The Labute approximate surface area is 88.8 Å². The van der Waals surface area contributed by atoms with Gasteiger partial charge in [-0.15, -0.1) is 0 Å². The van der Waals surface area contributed by atoms with Crippen molar-refractivity contribution >= 4 is 0 Å². The molecule has 78 valence electrons. The molecule has 15 heavy (non-hydrogen) atoms. The zero-order valence-corrected chi connectivity index (χ0v) is 8.50. The summed E-state index contributed by atoms with van der Waals surface area (Å²) in [6, 6.07) is 3.92. The highest BCUT2D eigenvalue weighted by Gasteiger charge is 2.04. The normalized spacial score (nSPS) is 10.5. The second-order valence-corrected chi connectivity index (χ2v) is 3.32. The lowest BCUT2D eigenvalue weighted by atomic mass is 10.2. The van der Waals surface area contributed by atoms with Gasteiger partial charge in [-0.25, -0.2) is 4.98 Å². The van der Waals surface area contributed by atoms with E-state index >= 15 is 0 Å². The topological polar surface area (TPSA) is 56.7 Å². The van der Waals surface area contributed by atoms with E-state index in [1.807, 2.05) is 24.5 Å². The van der Waals surface area contributed by atoms with Crippen LogP contribution in [0.2, 0.25) is 0 Å². The van der Waals surface area contributed by atoms with E-state index in [9.17, 15) is 0 Å². The molecular formula is C11H14N4. The van der Waals surface area contributed by atoms with Crippen molar-refractivity contribution in [3.8, 4) is 11.4 Å². The van der Waals surface area contributed by atoms with Crippen molar-refractivity contribution in [1.29, 1.82) is 0 Å². The van der Waals surface area contributed by atoms with E-state index in [0.717, 1.165) is 24.4 Å². The first-order chi connectivity index (χ1) is 7.42. The fourth-order valence-electron chi connectivity index (χ4n) is 1.51. The molecule has 0 bridgehead atoms. The van der Waals surface area contributed by atoms with Gasteiger partial charge in [-0.1, -0.05) is 0 Å². The number of aromatic nitrogens is 3. The average Bonchev–Trinajstić information content (AvgIpc) is 2.75. The molecule has 2 heterocycles. The van der Waals surface area contributed by atoms with E-state index in [0.29, 0.717) is 6.54 Å². The second-order valence-electron chi connectivity index (χ2n) is 3.32. The zero-order chi connectivity index (χ0) is 10.5. The first kappa shape index (κ1) is 9.86. The predicted molar refractivity (Wildman–Crippen MR) is 59.1 cm³/mol. The molecule has 2 N–H and O–H groups in total. The summed E-state index contributed by atoms with van der Waals surface area (Å²) in [5.74, 6) is 0.978. The van der Waals surface area contributed by atoms with Crippen LogP contribution in [-0.4, -0.2) is 21.1 Å². The third-order valence-corrected chi connectivity index (χ3v) is 2.26. The molecule has 0 aliphatic rings. The Kier molecular flexibility index (Phi) is 3.09. The Bertz CT molecular complexity index is 408. The lowest BCUT2D eigenvalue weighted by molar-refractivity contribution is 0.656. The maximum absolute atomic E-state index is 5.49. The smallest absolute Gasteiger partial charge is 0.139 e. The number of imidazole rings is 1. The molecule has 2 rings (SSSR count). The molecule has 2 aromatic rings. The van der Waals surface area contributed by atoms with Crippen LogP contribution < -0.4 is 5.73 Å². The molecule has 4 nitrogen and oxygen atoms in total. The van der Waals surface area contributed by atoms with Gasteiger partial charge >= 0.3 is 0 Å². The summed E-state index contributed by atoms with van der Waals surface area (Å²) in [6.07, 6.45) is 8.31. The van der Waals surface area contributed by atoms with Crippen molar-refractivity contribution in [2.75, 3.05) is 6.54 Å². The van der Waals surface area contributed by atoms with Gasteiger partial charge in [0.25, 0.3) is 0 Å². The number of nitrogens with zero attached hydrogens (tertiary/aromatic N) is 3. The van der Waals surface area contributed by atoms with Crippen LogP contribution in [0.3, 0.4) is 0 Å². The SMILES string of the molecule is NCCCn1ccnc1-c1ccncc1. The highest BCUT2D eigenvalue weighted by Crippen LogP contribution is 2.15. The van der Waals surface area contributed by atoms with Crippen LogP contribution in [0.5, 0.6) is 0 Å². The van der Waals surface area contributed by atoms with E-state index in [4.69, 9.17) is 5.73 Å². The summed E-state index contributed by atoms with van der Waals surface area (Å²) in [5, 5.41) is 0. The molecule has 0 saturated heterocycles. The Morgan fingerprint density at radius 2 is 2.00 bits per heavy atom. The van der Waals surface area contributed by atoms with Gasteiger partial charge in [0.05, 0.1) is 0 Å². The summed E-state index contributed by atoms with van der Waals surface area (Å²) < 4.78 is 2.11. The van der Waals surface area contributed by atoms with Gasteiger partial charge in [-0.2, -0.15) is 0 Å². The molecule has 0 fully saturated rings. The first-order valence-corrected chi connectivity index (χ1v) is 5.03. The molecule has 0 aromatic carbocycles. The summed E-state index contributed by atoms with van der Waals surface area (Å²) in [5.41, 5.74) is 6.58. The molecule has 0 aliphatic heterocycles. The molecule has 0 saturated carbocycles. The minimum absolute atomic E-state index is 0.702. The van der Waals surface area contributed by atoms with Gasteiger partial charge < -0.3 is 10.3 Å². The van der Waals surface area contributed by atoms with Gasteiger partial charge in [0.2, 0.25) is 0 Å². The number of hydrogen-bond donors (Lipinski definition) is 1. The Hall–Kier alpha value is -1.68. The van der Waals surface area contributed by atoms with Gasteiger partial charge in [0.15, 0.2) is 0 Å². The van der Waals surface area contributed by atoms with E-state index in [1.165, 1.54) is 0 Å². The zero-order valence-electron chi connectivity index (χ0n) is 8.50. The van der Waals surface area contributed by atoms with Crippen LogP contribution in [0, 0.1) is 0 Å². The Morgan fingerprint density at radius 1 is 1.20 bits per heavy atom. The van der Waals surface area contributed by atoms with Crippen LogP contribution in [0.4, 0.5) is 0 Å². The molecule has 4 heteroatoms. The highest BCUT2D eigenvalue weighted by molar-refractivity contribution is 5.54. The summed E-state index contributed by atoms with van der Waals surface area (Å²) >= 11 is 0. The number of rotatable bonds is 4. The molecule has 0 unspecified atom stereocenters. The lowest BCUT2D eigenvalue weighted by Gasteiger charge is -2.06. The van der Waals surface area contributed by atoms with Gasteiger partial charge in [-0.3, -0.25) is 4.98 Å². The molecule has 2 aromatic heterocycles. The van der Waals surface area contributed by atoms with Crippen LogP contribution >= 0.6 is 0 Å². The maximum atomic E-state index is 5.49. The predicted octanol–water partition coefficient (Wildman–Crippen LogP) is 1.29. The van der Waals surface area contributed by atoms with Gasteiger partial charge in [0.1, 0.15) is 5.82 Å². The third kappa shape index (κ3) is 2.22. The van der Waals surface area contributed by atoms with E-state index in [1.54, 1.807) is 12.4 Å². The quantitative estimate of drug-likeness (QED) is 0.812. The third-order valence-electron chi connectivity index (χ3n) is 2.26. The minimum atomic E-state index is 0.702. The summed E-state index contributed by atoms with van der Waals surface area (Å²) in [7, 11) is 0.